The van der Waals surface area contributed by atoms with Gasteiger partial charge in [0.1, 0.15) is 11.6 Å². The Bertz CT molecular complexity index is 1130. The van der Waals surface area contributed by atoms with E-state index >= 15 is 0 Å². The zero-order valence-corrected chi connectivity index (χ0v) is 15.3. The second-order valence-corrected chi connectivity index (χ2v) is 8.22. The molecule has 3 rings (SSSR count). The third kappa shape index (κ3) is 4.04. The van der Waals surface area contributed by atoms with Crippen molar-refractivity contribution in [3.63, 3.8) is 0 Å². The molecule has 0 aliphatic rings. The number of nitrogens with one attached hydrogen (secondary N) is 1. The molecule has 0 bridgehead atoms. The Balaban J connectivity index is 1.77. The van der Waals surface area contributed by atoms with Crippen molar-refractivity contribution in [2.45, 2.75) is 10.7 Å². The number of hydrogen-bond donors (Lipinski definition) is 1. The minimum atomic E-state index is -4.75. The van der Waals surface area contributed by atoms with Crippen LogP contribution >= 0.6 is 11.3 Å². The first-order valence-electron chi connectivity index (χ1n) is 7.53. The summed E-state index contributed by atoms with van der Waals surface area (Å²) in [7, 11) is -4.75. The van der Waals surface area contributed by atoms with Crippen LogP contribution in [-0.4, -0.2) is 25.1 Å². The Morgan fingerprint density at radius 2 is 1.75 bits per heavy atom. The number of thiazole rings is 1. The molecule has 3 aromatic rings. The minimum absolute atomic E-state index is 0.00176. The molecule has 0 spiro atoms. The third-order valence-electron chi connectivity index (χ3n) is 3.61. The SMILES string of the molecule is O=C(Nc1nc(-c2cc(F)ccc2F)cs1)c1ccc(S(=O)(=O)C(F)F)cc1. The van der Waals surface area contributed by atoms with Crippen molar-refractivity contribution in [3.8, 4) is 11.3 Å². The highest BCUT2D eigenvalue weighted by atomic mass is 32.2. The second-order valence-electron chi connectivity index (χ2n) is 5.45. The number of nitrogens with zero attached hydrogens (tertiary/aromatic N) is 1. The number of anilines is 1. The lowest BCUT2D eigenvalue weighted by Gasteiger charge is -2.05. The van der Waals surface area contributed by atoms with Gasteiger partial charge in [-0.2, -0.15) is 8.78 Å². The van der Waals surface area contributed by atoms with E-state index < -0.39 is 38.0 Å². The molecule has 2 aromatic carbocycles. The maximum atomic E-state index is 13.8. The number of aromatic nitrogens is 1. The monoisotopic (exact) mass is 430 g/mol. The number of alkyl halides is 2. The summed E-state index contributed by atoms with van der Waals surface area (Å²) in [4.78, 5) is 15.6. The highest BCUT2D eigenvalue weighted by Gasteiger charge is 2.26. The van der Waals surface area contributed by atoms with Crippen LogP contribution in [0.2, 0.25) is 0 Å². The van der Waals surface area contributed by atoms with Crippen molar-refractivity contribution < 1.29 is 30.8 Å². The standard InChI is InChI=1S/C17H10F4N2O3S2/c18-10-3-6-13(19)12(7-10)14-8-27-17(22-14)23-15(24)9-1-4-11(5-2-9)28(25,26)16(20)21/h1-8,16H,(H,22,23,24). The molecule has 28 heavy (non-hydrogen) atoms. The molecule has 1 amide bonds. The quantitative estimate of drug-likeness (QED) is 0.611. The van der Waals surface area contributed by atoms with E-state index in [1.807, 2.05) is 0 Å². The van der Waals surface area contributed by atoms with Crippen LogP contribution < -0.4 is 5.32 Å². The van der Waals surface area contributed by atoms with Crippen LogP contribution in [0.3, 0.4) is 0 Å². The smallest absolute Gasteiger partial charge is 0.298 e. The molecule has 5 nitrogen and oxygen atoms in total. The fourth-order valence-electron chi connectivity index (χ4n) is 2.22. The fourth-order valence-corrected chi connectivity index (χ4v) is 3.64. The molecular weight excluding hydrogens is 420 g/mol. The molecule has 1 heterocycles. The van der Waals surface area contributed by atoms with Gasteiger partial charge in [0, 0.05) is 16.5 Å². The Morgan fingerprint density at radius 1 is 1.07 bits per heavy atom. The van der Waals surface area contributed by atoms with E-state index in [-0.39, 0.29) is 22.0 Å². The van der Waals surface area contributed by atoms with Crippen molar-refractivity contribution >= 4 is 32.2 Å². The van der Waals surface area contributed by atoms with Crippen molar-refractivity contribution in [2.75, 3.05) is 5.32 Å². The van der Waals surface area contributed by atoms with Crippen molar-refractivity contribution in [2.24, 2.45) is 0 Å². The largest absolute Gasteiger partial charge is 0.341 e. The number of sulfone groups is 1. The molecule has 0 aliphatic carbocycles. The average Bonchev–Trinajstić information content (AvgIpc) is 3.11. The van der Waals surface area contributed by atoms with E-state index in [4.69, 9.17) is 0 Å². The van der Waals surface area contributed by atoms with E-state index in [1.54, 1.807) is 0 Å². The maximum Gasteiger partial charge on any atom is 0.341 e. The number of carbonyl (C=O) groups excluding carboxylic acids is 1. The average molecular weight is 430 g/mol. The second kappa shape index (κ2) is 7.68. The first kappa shape index (κ1) is 20.0. The summed E-state index contributed by atoms with van der Waals surface area (Å²) in [5.41, 5.74) is 0.0517. The number of amides is 1. The third-order valence-corrected chi connectivity index (χ3v) is 5.76. The van der Waals surface area contributed by atoms with E-state index in [9.17, 15) is 30.8 Å². The van der Waals surface area contributed by atoms with Crippen LogP contribution in [0.4, 0.5) is 22.7 Å². The molecule has 0 aliphatic heterocycles. The normalized spacial score (nSPS) is 11.6. The van der Waals surface area contributed by atoms with Crippen LogP contribution in [0.1, 0.15) is 10.4 Å². The van der Waals surface area contributed by atoms with Gasteiger partial charge < -0.3 is 0 Å². The van der Waals surface area contributed by atoms with Crippen LogP contribution in [0.15, 0.2) is 52.7 Å². The van der Waals surface area contributed by atoms with Crippen molar-refractivity contribution in [3.05, 3.63) is 65.0 Å². The zero-order chi connectivity index (χ0) is 20.5. The Labute approximate surface area is 160 Å². The number of carbonyl (C=O) groups is 1. The molecule has 11 heteroatoms. The first-order chi connectivity index (χ1) is 13.2. The van der Waals surface area contributed by atoms with E-state index in [0.717, 1.165) is 53.8 Å². The fraction of sp³-hybridized carbons (Fsp3) is 0.0588. The summed E-state index contributed by atoms with van der Waals surface area (Å²) in [6, 6.07) is 6.83. The van der Waals surface area contributed by atoms with E-state index in [2.05, 4.69) is 10.3 Å². The number of hydrogen-bond acceptors (Lipinski definition) is 5. The molecule has 0 radical (unpaired) electrons. The summed E-state index contributed by atoms with van der Waals surface area (Å²) >= 11 is 0.966. The van der Waals surface area contributed by atoms with Crippen molar-refractivity contribution in [1.82, 2.24) is 4.98 Å². The Kier molecular flexibility index (Phi) is 5.47. The van der Waals surface area contributed by atoms with Gasteiger partial charge in [0.05, 0.1) is 10.6 Å². The molecule has 0 unspecified atom stereocenters. The highest BCUT2D eigenvalue weighted by Crippen LogP contribution is 2.28. The van der Waals surface area contributed by atoms with E-state index in [1.165, 1.54) is 5.38 Å². The van der Waals surface area contributed by atoms with Gasteiger partial charge in [-0.1, -0.05) is 0 Å². The van der Waals surface area contributed by atoms with E-state index in [0.29, 0.717) is 0 Å². The zero-order valence-electron chi connectivity index (χ0n) is 13.7. The summed E-state index contributed by atoms with van der Waals surface area (Å²) < 4.78 is 74.9. The van der Waals surface area contributed by atoms with Crippen LogP contribution in [-0.2, 0) is 9.84 Å². The molecular formula is C17H10F4N2O3S2. The lowest BCUT2D eigenvalue weighted by molar-refractivity contribution is 0.102. The molecule has 0 fully saturated rings. The predicted molar refractivity (Wildman–Crippen MR) is 95.1 cm³/mol. The minimum Gasteiger partial charge on any atom is -0.298 e. The number of rotatable bonds is 5. The maximum absolute atomic E-state index is 13.8. The Hall–Kier alpha value is -2.79. The lowest BCUT2D eigenvalue weighted by Crippen LogP contribution is -2.14. The van der Waals surface area contributed by atoms with Gasteiger partial charge in [0.15, 0.2) is 5.13 Å². The summed E-state index contributed by atoms with van der Waals surface area (Å²) in [6.07, 6.45) is 0. The molecule has 1 N–H and O–H groups in total. The highest BCUT2D eigenvalue weighted by molar-refractivity contribution is 7.91. The summed E-state index contributed by atoms with van der Waals surface area (Å²) in [5.74, 6) is -5.57. The molecule has 146 valence electrons. The lowest BCUT2D eigenvalue weighted by atomic mass is 10.1. The molecule has 0 atom stereocenters. The van der Waals surface area contributed by atoms with Gasteiger partial charge in [-0.15, -0.1) is 11.3 Å². The van der Waals surface area contributed by atoms with Crippen LogP contribution in [0, 0.1) is 11.6 Å². The Morgan fingerprint density at radius 3 is 2.39 bits per heavy atom. The van der Waals surface area contributed by atoms with Gasteiger partial charge in [-0.3, -0.25) is 10.1 Å². The van der Waals surface area contributed by atoms with Gasteiger partial charge in [-0.25, -0.2) is 22.2 Å². The van der Waals surface area contributed by atoms with Gasteiger partial charge >= 0.3 is 5.76 Å². The van der Waals surface area contributed by atoms with Gasteiger partial charge in [0.2, 0.25) is 9.84 Å². The topological polar surface area (TPSA) is 76.1 Å². The number of benzene rings is 2. The molecule has 0 saturated carbocycles. The van der Waals surface area contributed by atoms with Gasteiger partial charge in [0.25, 0.3) is 5.91 Å². The van der Waals surface area contributed by atoms with Crippen LogP contribution in [0.25, 0.3) is 11.3 Å². The molecule has 1 aromatic heterocycles. The predicted octanol–water partition coefficient (Wildman–Crippen LogP) is 4.34. The summed E-state index contributed by atoms with van der Waals surface area (Å²) in [6.45, 7) is 0. The van der Waals surface area contributed by atoms with Crippen LogP contribution in [0.5, 0.6) is 0 Å². The number of halogens is 4. The van der Waals surface area contributed by atoms with Crippen molar-refractivity contribution in [1.29, 1.82) is 0 Å². The molecule has 0 saturated heterocycles. The van der Waals surface area contributed by atoms with Gasteiger partial charge in [-0.05, 0) is 42.5 Å². The summed E-state index contributed by atoms with van der Waals surface area (Å²) in [5, 5.41) is 3.93. The first-order valence-corrected chi connectivity index (χ1v) is 9.95.